The van der Waals surface area contributed by atoms with Crippen molar-refractivity contribution in [3.8, 4) is 0 Å². The maximum Gasteiger partial charge on any atom is 0.256 e. The molecular weight excluding hydrogens is 536 g/mol. The van der Waals surface area contributed by atoms with Gasteiger partial charge < -0.3 is 20.0 Å². The molecular formula is C33H39ClN4O3. The highest BCUT2D eigenvalue weighted by molar-refractivity contribution is 6.30. The van der Waals surface area contributed by atoms with Gasteiger partial charge in [-0.3, -0.25) is 14.4 Å². The molecule has 1 heterocycles. The third-order valence-corrected chi connectivity index (χ3v) is 7.95. The van der Waals surface area contributed by atoms with Crippen LogP contribution in [0, 0.1) is 0 Å². The second-order valence-corrected chi connectivity index (χ2v) is 10.6. The van der Waals surface area contributed by atoms with E-state index in [0.29, 0.717) is 54.6 Å². The van der Waals surface area contributed by atoms with Crippen LogP contribution in [0.2, 0.25) is 5.02 Å². The summed E-state index contributed by atoms with van der Waals surface area (Å²) < 4.78 is 0. The smallest absolute Gasteiger partial charge is 0.256 e. The van der Waals surface area contributed by atoms with Crippen LogP contribution in [0.15, 0.2) is 72.8 Å². The average Bonchev–Trinajstić information content (AvgIpc) is 3.25. The number of hydrogen-bond donors (Lipinski definition) is 1. The first-order valence-corrected chi connectivity index (χ1v) is 14.8. The fourth-order valence-corrected chi connectivity index (χ4v) is 5.51. The molecule has 4 rings (SSSR count). The van der Waals surface area contributed by atoms with Crippen LogP contribution < -0.4 is 10.2 Å². The van der Waals surface area contributed by atoms with Gasteiger partial charge in [-0.15, -0.1) is 0 Å². The second kappa shape index (κ2) is 14.2. The lowest BCUT2D eigenvalue weighted by Crippen LogP contribution is -2.38. The maximum atomic E-state index is 13.7. The van der Waals surface area contributed by atoms with E-state index in [1.54, 1.807) is 35.2 Å². The van der Waals surface area contributed by atoms with Gasteiger partial charge in [0.15, 0.2) is 0 Å². The van der Waals surface area contributed by atoms with Gasteiger partial charge in [0, 0.05) is 61.2 Å². The van der Waals surface area contributed by atoms with Crippen molar-refractivity contribution in [3.63, 3.8) is 0 Å². The quantitative estimate of drug-likeness (QED) is 0.325. The number of hydrogen-bond acceptors (Lipinski definition) is 4. The molecule has 1 N–H and O–H groups in total. The zero-order chi connectivity index (χ0) is 29.4. The molecule has 0 bridgehead atoms. The molecule has 0 spiro atoms. The molecule has 1 aliphatic heterocycles. The minimum Gasteiger partial charge on any atom is -0.369 e. The van der Waals surface area contributed by atoms with Crippen molar-refractivity contribution in [2.75, 3.05) is 49.5 Å². The minimum atomic E-state index is -0.275. The third kappa shape index (κ3) is 7.27. The number of nitrogens with one attached hydrogen (secondary N) is 1. The summed E-state index contributed by atoms with van der Waals surface area (Å²) >= 11 is 5.97. The average molecular weight is 575 g/mol. The lowest BCUT2D eigenvalue weighted by atomic mass is 9.95. The monoisotopic (exact) mass is 574 g/mol. The van der Waals surface area contributed by atoms with Gasteiger partial charge in [0.05, 0.1) is 11.5 Å². The molecule has 41 heavy (non-hydrogen) atoms. The van der Waals surface area contributed by atoms with E-state index in [1.165, 1.54) is 0 Å². The van der Waals surface area contributed by atoms with E-state index in [-0.39, 0.29) is 23.6 Å². The van der Waals surface area contributed by atoms with Crippen LogP contribution in [0.5, 0.6) is 0 Å². The zero-order valence-electron chi connectivity index (χ0n) is 24.1. The van der Waals surface area contributed by atoms with E-state index < -0.39 is 0 Å². The van der Waals surface area contributed by atoms with Crippen molar-refractivity contribution in [1.82, 2.24) is 9.80 Å². The van der Waals surface area contributed by atoms with Crippen LogP contribution in [0.1, 0.15) is 65.8 Å². The Balaban J connectivity index is 1.56. The lowest BCUT2D eigenvalue weighted by molar-refractivity contribution is -0.132. The number of carbonyl (C=O) groups excluding carboxylic acids is 3. The molecule has 0 radical (unpaired) electrons. The first-order valence-electron chi connectivity index (χ1n) is 14.4. The highest BCUT2D eigenvalue weighted by Gasteiger charge is 2.28. The molecule has 0 unspecified atom stereocenters. The predicted octanol–water partition coefficient (Wildman–Crippen LogP) is 6.31. The predicted molar refractivity (Wildman–Crippen MR) is 166 cm³/mol. The standard InChI is InChI=1S/C33H39ClN4O3/c1-4-28(24-11-8-7-9-12-24)32(40)38-20-10-19-37(21-22-38)30-18-17-27(23-29(30)33(41)36(5-2)6-3)35-31(39)25-13-15-26(34)16-14-25/h7-9,11-18,23,28H,4-6,10,19-22H2,1-3H3,(H,35,39)/t28-/m0/s1. The zero-order valence-corrected chi connectivity index (χ0v) is 24.9. The van der Waals surface area contributed by atoms with Crippen molar-refractivity contribution < 1.29 is 14.4 Å². The Labute approximate surface area is 248 Å². The van der Waals surface area contributed by atoms with Gasteiger partial charge in [-0.05, 0) is 74.7 Å². The van der Waals surface area contributed by atoms with E-state index in [1.807, 2.05) is 61.2 Å². The Hall–Kier alpha value is -3.84. The van der Waals surface area contributed by atoms with E-state index >= 15 is 0 Å². The summed E-state index contributed by atoms with van der Waals surface area (Å²) in [4.78, 5) is 46.0. The Morgan fingerprint density at radius 2 is 1.59 bits per heavy atom. The fourth-order valence-electron chi connectivity index (χ4n) is 5.38. The summed E-state index contributed by atoms with van der Waals surface area (Å²) in [5.74, 6) is -0.366. The molecule has 8 heteroatoms. The largest absolute Gasteiger partial charge is 0.369 e. The molecule has 216 valence electrons. The summed E-state index contributed by atoms with van der Waals surface area (Å²) in [6.07, 6.45) is 1.54. The number of amides is 3. The molecule has 1 aliphatic rings. The van der Waals surface area contributed by atoms with E-state index in [9.17, 15) is 14.4 Å². The number of benzene rings is 3. The minimum absolute atomic E-state index is 0.0834. The first-order chi connectivity index (χ1) is 19.9. The fraction of sp³-hybridized carbons (Fsp3) is 0.364. The highest BCUT2D eigenvalue weighted by Crippen LogP contribution is 2.29. The SMILES string of the molecule is CC[C@H](C(=O)N1CCCN(c2ccc(NC(=O)c3ccc(Cl)cc3)cc2C(=O)N(CC)CC)CC1)c1ccccc1. The maximum absolute atomic E-state index is 13.7. The van der Waals surface area contributed by atoms with Crippen LogP contribution in [0.4, 0.5) is 11.4 Å². The number of halogens is 1. The van der Waals surface area contributed by atoms with Crippen LogP contribution in [-0.4, -0.2) is 66.8 Å². The lowest BCUT2D eigenvalue weighted by Gasteiger charge is -2.29. The van der Waals surface area contributed by atoms with Crippen molar-refractivity contribution in [3.05, 3.63) is 94.5 Å². The van der Waals surface area contributed by atoms with Crippen molar-refractivity contribution in [2.45, 2.75) is 39.5 Å². The van der Waals surface area contributed by atoms with Gasteiger partial charge in [-0.25, -0.2) is 0 Å². The molecule has 0 aromatic heterocycles. The van der Waals surface area contributed by atoms with Crippen LogP contribution in [0.25, 0.3) is 0 Å². The van der Waals surface area contributed by atoms with Gasteiger partial charge in [0.1, 0.15) is 0 Å². The summed E-state index contributed by atoms with van der Waals surface area (Å²) in [7, 11) is 0. The van der Waals surface area contributed by atoms with Crippen molar-refractivity contribution in [1.29, 1.82) is 0 Å². The molecule has 1 saturated heterocycles. The van der Waals surface area contributed by atoms with E-state index in [0.717, 1.165) is 30.6 Å². The van der Waals surface area contributed by atoms with Crippen molar-refractivity contribution >= 4 is 40.7 Å². The van der Waals surface area contributed by atoms with E-state index in [4.69, 9.17) is 11.6 Å². The Morgan fingerprint density at radius 3 is 2.24 bits per heavy atom. The topological polar surface area (TPSA) is 73.0 Å². The molecule has 1 fully saturated rings. The summed E-state index contributed by atoms with van der Waals surface area (Å²) in [5, 5.41) is 3.48. The summed E-state index contributed by atoms with van der Waals surface area (Å²) in [6.45, 7) is 9.72. The normalized spacial score (nSPS) is 14.2. The summed E-state index contributed by atoms with van der Waals surface area (Å²) in [6, 6.07) is 22.1. The highest BCUT2D eigenvalue weighted by atomic mass is 35.5. The third-order valence-electron chi connectivity index (χ3n) is 7.70. The Morgan fingerprint density at radius 1 is 0.878 bits per heavy atom. The molecule has 0 aliphatic carbocycles. The second-order valence-electron chi connectivity index (χ2n) is 10.2. The number of carbonyl (C=O) groups is 3. The number of rotatable bonds is 9. The van der Waals surface area contributed by atoms with Gasteiger partial charge in [0.2, 0.25) is 5.91 Å². The number of anilines is 2. The first kappa shape index (κ1) is 30.1. The molecule has 3 aromatic carbocycles. The van der Waals surface area contributed by atoms with Gasteiger partial charge >= 0.3 is 0 Å². The molecule has 7 nitrogen and oxygen atoms in total. The molecule has 3 aromatic rings. The molecule has 3 amide bonds. The van der Waals surface area contributed by atoms with E-state index in [2.05, 4.69) is 17.1 Å². The van der Waals surface area contributed by atoms with Crippen molar-refractivity contribution in [2.24, 2.45) is 0 Å². The molecule has 0 saturated carbocycles. The van der Waals surface area contributed by atoms with Gasteiger partial charge in [-0.1, -0.05) is 48.9 Å². The van der Waals surface area contributed by atoms with Crippen LogP contribution >= 0.6 is 11.6 Å². The Bertz CT molecular complexity index is 1340. The Kier molecular flexibility index (Phi) is 10.4. The van der Waals surface area contributed by atoms with Crippen LogP contribution in [0.3, 0.4) is 0 Å². The number of nitrogens with zero attached hydrogens (tertiary/aromatic N) is 3. The molecule has 1 atom stereocenters. The van der Waals surface area contributed by atoms with Gasteiger partial charge in [0.25, 0.3) is 11.8 Å². The van der Waals surface area contributed by atoms with Crippen LogP contribution in [-0.2, 0) is 4.79 Å². The summed E-state index contributed by atoms with van der Waals surface area (Å²) in [5.41, 5.74) is 3.43. The van der Waals surface area contributed by atoms with Gasteiger partial charge in [-0.2, -0.15) is 0 Å².